The zero-order valence-electron chi connectivity index (χ0n) is 16.4. The summed E-state index contributed by atoms with van der Waals surface area (Å²) in [5.41, 5.74) is -2.46. The van der Waals surface area contributed by atoms with Gasteiger partial charge in [0.2, 0.25) is 5.13 Å². The van der Waals surface area contributed by atoms with E-state index in [2.05, 4.69) is 10.1 Å². The molecule has 0 amide bonds. The summed E-state index contributed by atoms with van der Waals surface area (Å²) < 4.78 is 46.7. The molecule has 0 radical (unpaired) electrons. The smallest absolute Gasteiger partial charge is 0.438 e. The maximum absolute atomic E-state index is 13.9. The van der Waals surface area contributed by atoms with E-state index in [9.17, 15) is 28.4 Å². The van der Waals surface area contributed by atoms with Crippen LogP contribution in [0.1, 0.15) is 12.0 Å². The number of rotatable bonds is 5. The van der Waals surface area contributed by atoms with Gasteiger partial charge in [-0.2, -0.15) is 23.3 Å². The Morgan fingerprint density at radius 1 is 1.22 bits per heavy atom. The van der Waals surface area contributed by atoms with E-state index in [0.717, 1.165) is 11.3 Å². The molecule has 0 spiro atoms. The Kier molecular flexibility index (Phi) is 5.34. The summed E-state index contributed by atoms with van der Waals surface area (Å²) in [6.45, 7) is 0. The Bertz CT molecular complexity index is 1200. The van der Waals surface area contributed by atoms with Gasteiger partial charge in [-0.25, -0.2) is 4.98 Å². The first kappa shape index (κ1) is 21.7. The molecule has 2 heterocycles. The number of alkyl halides is 3. The van der Waals surface area contributed by atoms with Crippen molar-refractivity contribution in [2.75, 3.05) is 12.1 Å². The number of aliphatic hydroxyl groups is 1. The lowest BCUT2D eigenvalue weighted by Gasteiger charge is -2.32. The van der Waals surface area contributed by atoms with E-state index in [1.165, 1.54) is 30.7 Å². The van der Waals surface area contributed by atoms with Crippen molar-refractivity contribution < 1.29 is 27.9 Å². The summed E-state index contributed by atoms with van der Waals surface area (Å²) in [4.78, 5) is 14.6. The van der Waals surface area contributed by atoms with Crippen LogP contribution in [0, 0.1) is 10.1 Å². The van der Waals surface area contributed by atoms with Gasteiger partial charge in [0.1, 0.15) is 5.75 Å². The van der Waals surface area contributed by atoms with Gasteiger partial charge in [-0.1, -0.05) is 12.1 Å². The maximum Gasteiger partial charge on any atom is 0.438 e. The third kappa shape index (κ3) is 3.78. The minimum atomic E-state index is -5.03. The molecule has 1 N–H and O–H groups in total. The first-order chi connectivity index (χ1) is 15.1. The Balaban J connectivity index is 1.73. The SMILES string of the molecule is COc1ccc(C2=NN(c3nc(-c4cccc([N+](=O)[O-])c4)cs3)[C@](O)(C(F)(F)F)C2)cc1. The Labute approximate surface area is 183 Å². The molecule has 1 aliphatic heterocycles. The standard InChI is InChI=1S/C20H15F3N4O4S/c1-31-15-7-5-12(6-8-15)16-10-19(28,20(21,22)23)26(25-16)18-24-17(11-32-18)13-3-2-4-14(9-13)27(29)30/h2-9,11,28H,10H2,1H3/t19-/m1/s1. The fourth-order valence-corrected chi connectivity index (χ4v) is 4.03. The summed E-state index contributed by atoms with van der Waals surface area (Å²) in [5.74, 6) is 0.525. The number of nitrogens with zero attached hydrogens (tertiary/aromatic N) is 4. The average Bonchev–Trinajstić information content (AvgIpc) is 3.39. The fourth-order valence-electron chi connectivity index (χ4n) is 3.18. The van der Waals surface area contributed by atoms with Crippen LogP contribution in [-0.2, 0) is 0 Å². The number of non-ortho nitro benzene ring substituents is 1. The molecule has 1 aliphatic rings. The number of methoxy groups -OCH3 is 1. The van der Waals surface area contributed by atoms with E-state index in [0.29, 0.717) is 21.9 Å². The third-order valence-electron chi connectivity index (χ3n) is 4.89. The lowest BCUT2D eigenvalue weighted by molar-refractivity contribution is -0.384. The van der Waals surface area contributed by atoms with Crippen LogP contribution in [0.3, 0.4) is 0 Å². The lowest BCUT2D eigenvalue weighted by Crippen LogP contribution is -2.55. The molecule has 2 aromatic carbocycles. The van der Waals surface area contributed by atoms with Gasteiger partial charge in [-0.05, 0) is 29.8 Å². The van der Waals surface area contributed by atoms with Crippen molar-refractivity contribution >= 4 is 27.9 Å². The number of benzene rings is 2. The summed E-state index contributed by atoms with van der Waals surface area (Å²) in [5, 5.41) is 27.4. The highest BCUT2D eigenvalue weighted by atomic mass is 32.1. The second kappa shape index (κ2) is 7.88. The van der Waals surface area contributed by atoms with Gasteiger partial charge in [-0.3, -0.25) is 10.1 Å². The molecule has 4 rings (SSSR count). The summed E-state index contributed by atoms with van der Waals surface area (Å²) in [7, 11) is 1.47. The molecule has 0 saturated heterocycles. The first-order valence-corrected chi connectivity index (χ1v) is 10.0. The largest absolute Gasteiger partial charge is 0.497 e. The molecule has 32 heavy (non-hydrogen) atoms. The minimum absolute atomic E-state index is 0.0274. The molecular weight excluding hydrogens is 449 g/mol. The van der Waals surface area contributed by atoms with Crippen molar-refractivity contribution in [3.63, 3.8) is 0 Å². The zero-order valence-corrected chi connectivity index (χ0v) is 17.2. The van der Waals surface area contributed by atoms with Gasteiger partial charge in [0.25, 0.3) is 11.4 Å². The van der Waals surface area contributed by atoms with Crippen molar-refractivity contribution in [1.82, 2.24) is 4.98 Å². The highest BCUT2D eigenvalue weighted by Crippen LogP contribution is 2.45. The van der Waals surface area contributed by atoms with Crippen molar-refractivity contribution in [2.45, 2.75) is 18.3 Å². The number of hydrogen-bond donors (Lipinski definition) is 1. The molecule has 1 atom stereocenters. The van der Waals surface area contributed by atoms with E-state index in [1.807, 2.05) is 0 Å². The van der Waals surface area contributed by atoms with Crippen molar-refractivity contribution in [1.29, 1.82) is 0 Å². The summed E-state index contributed by atoms with van der Waals surface area (Å²) in [6.07, 6.45) is -5.82. The minimum Gasteiger partial charge on any atom is -0.497 e. The number of nitro benzene ring substituents is 1. The number of hydrogen-bond acceptors (Lipinski definition) is 8. The van der Waals surface area contributed by atoms with Gasteiger partial charge in [0.15, 0.2) is 0 Å². The number of ether oxygens (including phenoxy) is 1. The van der Waals surface area contributed by atoms with E-state index in [-0.39, 0.29) is 22.2 Å². The Hall–Kier alpha value is -3.51. The van der Waals surface area contributed by atoms with Crippen molar-refractivity contribution in [3.8, 4) is 17.0 Å². The van der Waals surface area contributed by atoms with Gasteiger partial charge in [0, 0.05) is 23.1 Å². The van der Waals surface area contributed by atoms with Crippen LogP contribution in [0.25, 0.3) is 11.3 Å². The predicted octanol–water partition coefficient (Wildman–Crippen LogP) is 4.59. The molecule has 3 aromatic rings. The fraction of sp³-hybridized carbons (Fsp3) is 0.200. The van der Waals surface area contributed by atoms with Crippen LogP contribution in [0.5, 0.6) is 5.75 Å². The number of hydrazone groups is 1. The number of halogens is 3. The van der Waals surface area contributed by atoms with Gasteiger partial charge >= 0.3 is 6.18 Å². The third-order valence-corrected chi connectivity index (χ3v) is 5.70. The van der Waals surface area contributed by atoms with Crippen molar-refractivity contribution in [2.24, 2.45) is 5.10 Å². The molecule has 0 aliphatic carbocycles. The monoisotopic (exact) mass is 464 g/mol. The number of nitro groups is 1. The first-order valence-electron chi connectivity index (χ1n) is 9.14. The van der Waals surface area contributed by atoms with Gasteiger partial charge in [-0.15, -0.1) is 11.3 Å². The second-order valence-corrected chi connectivity index (χ2v) is 7.74. The van der Waals surface area contributed by atoms with Gasteiger partial charge < -0.3 is 9.84 Å². The zero-order chi connectivity index (χ0) is 23.1. The number of anilines is 1. The molecule has 0 saturated carbocycles. The molecule has 1 aromatic heterocycles. The summed E-state index contributed by atoms with van der Waals surface area (Å²) in [6, 6.07) is 11.8. The normalized spacial score (nSPS) is 18.5. The van der Waals surface area contributed by atoms with Crippen LogP contribution in [-0.4, -0.2) is 39.7 Å². The molecular formula is C20H15F3N4O4S. The van der Waals surface area contributed by atoms with Gasteiger partial charge in [0.05, 0.1) is 29.9 Å². The molecule has 0 fully saturated rings. The summed E-state index contributed by atoms with van der Waals surface area (Å²) >= 11 is 0.835. The highest BCUT2D eigenvalue weighted by molar-refractivity contribution is 7.14. The molecule has 0 bridgehead atoms. The Morgan fingerprint density at radius 3 is 2.56 bits per heavy atom. The maximum atomic E-state index is 13.9. The number of thiazole rings is 1. The Morgan fingerprint density at radius 2 is 1.94 bits per heavy atom. The average molecular weight is 464 g/mol. The molecule has 0 unspecified atom stereocenters. The molecule has 8 nitrogen and oxygen atoms in total. The van der Waals surface area contributed by atoms with Crippen LogP contribution >= 0.6 is 11.3 Å². The highest BCUT2D eigenvalue weighted by Gasteiger charge is 2.62. The predicted molar refractivity (Wildman–Crippen MR) is 112 cm³/mol. The van der Waals surface area contributed by atoms with E-state index < -0.39 is 23.2 Å². The second-order valence-electron chi connectivity index (χ2n) is 6.90. The van der Waals surface area contributed by atoms with Crippen molar-refractivity contribution in [3.05, 3.63) is 69.6 Å². The van der Waals surface area contributed by atoms with E-state index in [4.69, 9.17) is 4.74 Å². The van der Waals surface area contributed by atoms with Crippen LogP contribution < -0.4 is 9.75 Å². The molecule has 12 heteroatoms. The van der Waals surface area contributed by atoms with Crippen LogP contribution in [0.4, 0.5) is 24.0 Å². The van der Waals surface area contributed by atoms with Crippen LogP contribution in [0.15, 0.2) is 59.0 Å². The number of aromatic nitrogens is 1. The topological polar surface area (TPSA) is 101 Å². The molecule has 166 valence electrons. The quantitative estimate of drug-likeness (QED) is 0.438. The lowest BCUT2D eigenvalue weighted by atomic mass is 10.0. The van der Waals surface area contributed by atoms with E-state index in [1.54, 1.807) is 30.3 Å². The van der Waals surface area contributed by atoms with Crippen LogP contribution in [0.2, 0.25) is 0 Å². The van der Waals surface area contributed by atoms with E-state index >= 15 is 0 Å².